The zero-order valence-electron chi connectivity index (χ0n) is 38.2. The maximum Gasteiger partial charge on any atom is 0.367 e. The molecule has 3 heterocycles. The van der Waals surface area contributed by atoms with Gasteiger partial charge in [-0.05, 0) is 48.1 Å². The largest absolute Gasteiger partial charge is 0.456 e. The molecule has 67 heavy (non-hydrogen) atoms. The Morgan fingerprint density at radius 2 is 1.54 bits per heavy atom. The summed E-state index contributed by atoms with van der Waals surface area (Å²) in [7, 11) is 1.75. The number of hydrogen-bond acceptors (Lipinski definition) is 15. The molecule has 2 N–H and O–H groups in total. The fourth-order valence-electron chi connectivity index (χ4n) is 11.0. The summed E-state index contributed by atoms with van der Waals surface area (Å²) >= 11 is 1.23. The maximum atomic E-state index is 16.2. The number of esters is 4. The molecule has 1 aliphatic heterocycles. The topological polar surface area (TPSA) is 202 Å². The first-order valence-electron chi connectivity index (χ1n) is 22.1. The first-order valence-corrected chi connectivity index (χ1v) is 23.0. The number of ether oxygens (including phenoxy) is 6. The Bertz CT molecular complexity index is 2610. The number of ketones is 2. The van der Waals surface area contributed by atoms with E-state index in [9.17, 15) is 34.2 Å². The Hall–Kier alpha value is -6.07. The Morgan fingerprint density at radius 1 is 0.866 bits per heavy atom. The predicted molar refractivity (Wildman–Crippen MR) is 238 cm³/mol. The minimum absolute atomic E-state index is 0.0266. The number of benzene rings is 2. The van der Waals surface area contributed by atoms with Crippen molar-refractivity contribution in [1.82, 2.24) is 0 Å². The summed E-state index contributed by atoms with van der Waals surface area (Å²) in [5.41, 5.74) is -6.76. The van der Waals surface area contributed by atoms with Crippen molar-refractivity contribution < 1.29 is 72.0 Å². The zero-order valence-corrected chi connectivity index (χ0v) is 39.0. The molecule has 8 rings (SSSR count). The normalized spacial score (nSPS) is 30.4. The van der Waals surface area contributed by atoms with Gasteiger partial charge in [0.25, 0.3) is 0 Å². The van der Waals surface area contributed by atoms with Crippen LogP contribution in [0.1, 0.15) is 86.6 Å². The fraction of sp³-hybridized carbons (Fsp3) is 0.431. The van der Waals surface area contributed by atoms with Crippen molar-refractivity contribution in [1.29, 1.82) is 0 Å². The Labute approximate surface area is 391 Å². The molecule has 352 valence electrons. The number of rotatable bonds is 12. The van der Waals surface area contributed by atoms with Gasteiger partial charge in [0.2, 0.25) is 0 Å². The fourth-order valence-corrected chi connectivity index (χ4v) is 11.6. The third-order valence-corrected chi connectivity index (χ3v) is 15.2. The van der Waals surface area contributed by atoms with Gasteiger partial charge < -0.3 is 38.6 Å². The van der Waals surface area contributed by atoms with Crippen LogP contribution in [0.5, 0.6) is 5.88 Å². The van der Waals surface area contributed by atoms with Gasteiger partial charge in [0, 0.05) is 49.1 Å². The summed E-state index contributed by atoms with van der Waals surface area (Å²) in [5.74, 6) is -7.61. The van der Waals surface area contributed by atoms with E-state index >= 15 is 4.79 Å². The van der Waals surface area contributed by atoms with E-state index in [1.54, 1.807) is 135 Å². The molecule has 0 spiro atoms. The molecule has 4 aromatic rings. The number of aromatic nitrogens is 1. The molecule has 2 bridgehead atoms. The number of aliphatic hydroxyl groups excluding tert-OH is 1. The van der Waals surface area contributed by atoms with E-state index in [1.165, 1.54) is 24.3 Å². The van der Waals surface area contributed by atoms with Crippen LogP contribution in [-0.4, -0.2) is 100 Å². The van der Waals surface area contributed by atoms with E-state index in [0.29, 0.717) is 11.4 Å². The van der Waals surface area contributed by atoms with Gasteiger partial charge >= 0.3 is 29.8 Å². The third kappa shape index (κ3) is 7.96. The van der Waals surface area contributed by atoms with Crippen LogP contribution >= 0.6 is 11.3 Å². The number of aliphatic hydroxyl groups is 2. The van der Waals surface area contributed by atoms with Crippen molar-refractivity contribution in [2.24, 2.45) is 23.8 Å². The highest BCUT2D eigenvalue weighted by Gasteiger charge is 2.79. The highest BCUT2D eigenvalue weighted by Crippen LogP contribution is 2.65. The lowest BCUT2D eigenvalue weighted by molar-refractivity contribution is -0.678. The van der Waals surface area contributed by atoms with Gasteiger partial charge in [-0.25, -0.2) is 9.59 Å². The second kappa shape index (κ2) is 17.9. The highest BCUT2D eigenvalue weighted by atomic mass is 32.1. The molecular weight excluding hydrogens is 883 g/mol. The number of fused-ring (bicyclic) bond motifs is 5. The summed E-state index contributed by atoms with van der Waals surface area (Å²) in [6.45, 7) is 8.40. The van der Waals surface area contributed by atoms with Crippen molar-refractivity contribution in [3.8, 4) is 5.88 Å². The lowest BCUT2D eigenvalue weighted by Gasteiger charge is -2.67. The second-order valence-electron chi connectivity index (χ2n) is 18.6. The second-order valence-corrected chi connectivity index (χ2v) is 19.4. The molecule has 0 radical (unpaired) electrons. The smallest absolute Gasteiger partial charge is 0.367 e. The number of pyridine rings is 1. The predicted octanol–water partition coefficient (Wildman–Crippen LogP) is 5.20. The Kier molecular flexibility index (Phi) is 12.6. The molecule has 9 unspecified atom stereocenters. The molecule has 2 saturated carbocycles. The van der Waals surface area contributed by atoms with Gasteiger partial charge in [-0.2, -0.15) is 15.9 Å². The minimum Gasteiger partial charge on any atom is -0.456 e. The van der Waals surface area contributed by atoms with Gasteiger partial charge in [-0.15, -0.1) is 0 Å². The monoisotopic (exact) mass is 936 g/mol. The molecule has 3 fully saturated rings. The maximum absolute atomic E-state index is 16.2. The average molecular weight is 937 g/mol. The number of aryl methyl sites for hydroxylation is 1. The SMILES string of the molecule is CC(=O)OC1C(=O)[C@]2(C)C(Oc3cccc[n+]3C)CC3OC[C@@]3(OC(C)=O)C2C(OC(=O)c2ccsc2)C2(O)CC(OC(=O)C(O)C(C(=O)c3ccccc3)c3ccccc3)C(C)=C1C2(C)C. The molecule has 11 atom stereocenters. The van der Waals surface area contributed by atoms with Crippen LogP contribution in [0, 0.1) is 16.7 Å². The highest BCUT2D eigenvalue weighted by molar-refractivity contribution is 7.08. The first-order chi connectivity index (χ1) is 31.8. The number of nitrogens with zero attached hydrogens (tertiary/aromatic N) is 1. The van der Waals surface area contributed by atoms with Crippen LogP contribution in [0.4, 0.5) is 0 Å². The lowest BCUT2D eigenvalue weighted by atomic mass is 9.44. The summed E-state index contributed by atoms with van der Waals surface area (Å²) in [6, 6.07) is 23.2. The van der Waals surface area contributed by atoms with Crippen LogP contribution in [0.15, 0.2) is 113 Å². The van der Waals surface area contributed by atoms with E-state index in [2.05, 4.69) is 0 Å². The van der Waals surface area contributed by atoms with E-state index < -0.39 is 112 Å². The first kappa shape index (κ1) is 47.4. The van der Waals surface area contributed by atoms with E-state index in [0.717, 1.165) is 6.92 Å². The molecule has 1 saturated heterocycles. The summed E-state index contributed by atoms with van der Waals surface area (Å²) in [5, 5.41) is 29.2. The molecule has 15 nitrogen and oxygen atoms in total. The van der Waals surface area contributed by atoms with E-state index in [4.69, 9.17) is 28.4 Å². The number of Topliss-reactive ketones (excluding diaryl/α,β-unsaturated/α-hetero) is 2. The molecule has 16 heteroatoms. The number of hydrogen-bond donors (Lipinski definition) is 2. The van der Waals surface area contributed by atoms with E-state index in [-0.39, 0.29) is 35.3 Å². The van der Waals surface area contributed by atoms with Crippen LogP contribution in [0.2, 0.25) is 0 Å². The zero-order chi connectivity index (χ0) is 48.2. The molecule has 0 amide bonds. The van der Waals surface area contributed by atoms with Crippen molar-refractivity contribution in [3.63, 3.8) is 0 Å². The summed E-state index contributed by atoms with van der Waals surface area (Å²) in [6.07, 6.45) is -8.06. The molecular formula is C51H54NO14S+. The van der Waals surface area contributed by atoms with Crippen molar-refractivity contribution in [2.75, 3.05) is 6.61 Å². The summed E-state index contributed by atoms with van der Waals surface area (Å²) in [4.78, 5) is 86.0. The van der Waals surface area contributed by atoms with Gasteiger partial charge in [0.1, 0.15) is 37.1 Å². The van der Waals surface area contributed by atoms with Gasteiger partial charge in [-0.3, -0.25) is 19.2 Å². The van der Waals surface area contributed by atoms with Gasteiger partial charge in [0.05, 0.1) is 35.5 Å². The minimum atomic E-state index is -2.38. The molecule has 2 aromatic heterocycles. The third-order valence-electron chi connectivity index (χ3n) is 14.5. The number of carbonyl (C=O) groups excluding carboxylic acids is 6. The van der Waals surface area contributed by atoms with E-state index in [1.807, 2.05) is 0 Å². The van der Waals surface area contributed by atoms with Crippen molar-refractivity contribution in [2.45, 2.75) is 108 Å². The Balaban J connectivity index is 1.33. The molecule has 2 aromatic carbocycles. The van der Waals surface area contributed by atoms with Gasteiger partial charge in [-0.1, -0.05) is 74.5 Å². The standard InChI is InChI=1S/C51H54NO14S/c1-28-34(63-47(59)41(56)38(31-16-10-8-11-17-31)40(55)32-18-12-9-13-19-32)25-51(60)45(65-46(58)33-21-23-67-26-33)43-49(6,44(57)42(62-29(2)53)39(28)48(51,4)5)35(64-37-20-14-15-22-52(37)7)24-36-50(43,27-61-36)66-30(3)54/h8-23,26,34-36,38,41-43,45,56,60H,24-25,27H2,1-7H3/q+1/t34?,35?,36?,38?,41?,42?,43?,45?,49-,50+,51?/m1/s1. The van der Waals surface area contributed by atoms with Crippen LogP contribution in [-0.2, 0) is 49.9 Å². The summed E-state index contributed by atoms with van der Waals surface area (Å²) < 4.78 is 39.7. The Morgan fingerprint density at radius 3 is 2.13 bits per heavy atom. The molecule has 3 aliphatic carbocycles. The van der Waals surface area contributed by atoms with Crippen LogP contribution in [0.25, 0.3) is 0 Å². The van der Waals surface area contributed by atoms with Crippen LogP contribution in [0.3, 0.4) is 0 Å². The van der Waals surface area contributed by atoms with Crippen molar-refractivity contribution in [3.05, 3.63) is 130 Å². The lowest BCUT2D eigenvalue weighted by Crippen LogP contribution is -2.82. The van der Waals surface area contributed by atoms with Crippen LogP contribution < -0.4 is 9.30 Å². The van der Waals surface area contributed by atoms with Gasteiger partial charge in [0.15, 0.2) is 35.6 Å². The quantitative estimate of drug-likeness (QED) is 0.0617. The number of thiophene rings is 1. The molecule has 4 aliphatic rings. The number of carbonyl (C=O) groups is 6. The average Bonchev–Trinajstić information content (AvgIpc) is 3.84. The van der Waals surface area contributed by atoms with Crippen molar-refractivity contribution >= 4 is 46.8 Å².